The Balaban J connectivity index is 2.77. The van der Waals surface area contributed by atoms with Crippen molar-refractivity contribution in [2.75, 3.05) is 13.2 Å². The summed E-state index contributed by atoms with van der Waals surface area (Å²) in [6.07, 6.45) is 3.90. The van der Waals surface area contributed by atoms with Crippen LogP contribution in [0.15, 0.2) is 12.3 Å². The Morgan fingerprint density at radius 1 is 1.60 bits per heavy atom. The molecule has 0 saturated carbocycles. The maximum absolute atomic E-state index is 8.32. The maximum Gasteiger partial charge on any atom is 0.571 e. The molecule has 0 amide bonds. The van der Waals surface area contributed by atoms with Crippen LogP contribution in [0.25, 0.3) is 0 Å². The molecule has 0 spiro atoms. The van der Waals surface area contributed by atoms with E-state index in [0.29, 0.717) is 13.0 Å². The van der Waals surface area contributed by atoms with Gasteiger partial charge >= 0.3 is 7.69 Å². The molecule has 0 unspecified atom stereocenters. The Hall–Kier alpha value is -0.475. The second-order valence-electron chi connectivity index (χ2n) is 1.65. The van der Waals surface area contributed by atoms with Gasteiger partial charge in [0.2, 0.25) is 0 Å². The van der Waals surface area contributed by atoms with Gasteiger partial charge in [0.15, 0.2) is 0 Å². The number of hydrogen-bond donors (Lipinski definition) is 1. The van der Waals surface area contributed by atoms with Crippen molar-refractivity contribution in [1.82, 2.24) is 0 Å². The molecule has 0 aromatic carbocycles. The van der Waals surface area contributed by atoms with Crippen molar-refractivity contribution in [2.45, 2.75) is 13.3 Å². The largest absolute Gasteiger partial charge is 0.571 e. The third-order valence-corrected chi connectivity index (χ3v) is 0.759. The van der Waals surface area contributed by atoms with E-state index >= 15 is 0 Å². The molecule has 0 aromatic heterocycles. The van der Waals surface area contributed by atoms with E-state index in [1.54, 1.807) is 6.08 Å². The number of hydrogen-bond acceptors (Lipinski definition) is 3. The fourth-order valence-electron chi connectivity index (χ4n) is 0.346. The Morgan fingerprint density at radius 3 is 3.00 bits per heavy atom. The molecule has 0 aliphatic carbocycles. The minimum absolute atomic E-state index is 0.150. The van der Waals surface area contributed by atoms with E-state index in [2.05, 4.69) is 0 Å². The third-order valence-electron chi connectivity index (χ3n) is 0.759. The standard InChI is InChI=1S/C6H12BO3/c1-2-5-9-7-10-6-3-4-8/h2,5,8H,3-4,6H2,1H3/b5-2+. The molecule has 1 N–H and O–H groups in total. The van der Waals surface area contributed by atoms with Gasteiger partial charge in [-0.2, -0.15) is 0 Å². The first kappa shape index (κ1) is 9.52. The van der Waals surface area contributed by atoms with E-state index < -0.39 is 0 Å². The molecule has 0 saturated heterocycles. The van der Waals surface area contributed by atoms with Crippen LogP contribution in [0.4, 0.5) is 0 Å². The smallest absolute Gasteiger partial charge is 0.543 e. The summed E-state index contributed by atoms with van der Waals surface area (Å²) in [6.45, 7) is 2.49. The van der Waals surface area contributed by atoms with Crippen LogP contribution in [0.2, 0.25) is 0 Å². The van der Waals surface area contributed by atoms with Crippen molar-refractivity contribution in [1.29, 1.82) is 0 Å². The van der Waals surface area contributed by atoms with Gasteiger partial charge < -0.3 is 14.4 Å². The van der Waals surface area contributed by atoms with Crippen molar-refractivity contribution in [2.24, 2.45) is 0 Å². The summed E-state index contributed by atoms with van der Waals surface area (Å²) in [5.74, 6) is 0. The van der Waals surface area contributed by atoms with Gasteiger partial charge in [-0.15, -0.1) is 0 Å². The predicted octanol–water partition coefficient (Wildman–Crippen LogP) is 0.470. The lowest BCUT2D eigenvalue weighted by molar-refractivity contribution is 0.218. The molecule has 0 bridgehead atoms. The van der Waals surface area contributed by atoms with Crippen molar-refractivity contribution < 1.29 is 14.4 Å². The van der Waals surface area contributed by atoms with Crippen LogP contribution >= 0.6 is 0 Å². The number of aliphatic hydroxyl groups is 1. The molecule has 0 aliphatic rings. The Kier molecular flexibility index (Phi) is 8.12. The summed E-state index contributed by atoms with van der Waals surface area (Å²) in [6, 6.07) is 0. The summed E-state index contributed by atoms with van der Waals surface area (Å²) >= 11 is 0. The van der Waals surface area contributed by atoms with E-state index in [-0.39, 0.29) is 6.61 Å². The van der Waals surface area contributed by atoms with Gasteiger partial charge in [0, 0.05) is 13.2 Å². The fourth-order valence-corrected chi connectivity index (χ4v) is 0.346. The highest BCUT2D eigenvalue weighted by Gasteiger charge is 1.90. The molecule has 0 fully saturated rings. The molecule has 57 valence electrons. The Labute approximate surface area is 62.0 Å². The highest BCUT2D eigenvalue weighted by molar-refractivity contribution is 6.18. The second-order valence-corrected chi connectivity index (χ2v) is 1.65. The second kappa shape index (κ2) is 8.52. The highest BCUT2D eigenvalue weighted by atomic mass is 16.6. The lowest BCUT2D eigenvalue weighted by Gasteiger charge is -1.97. The quantitative estimate of drug-likeness (QED) is 0.333. The van der Waals surface area contributed by atoms with Gasteiger partial charge in [-0.1, -0.05) is 6.08 Å². The van der Waals surface area contributed by atoms with E-state index in [9.17, 15) is 0 Å². The molecular weight excluding hydrogens is 131 g/mol. The zero-order chi connectivity index (χ0) is 7.66. The van der Waals surface area contributed by atoms with Crippen LogP contribution in [0.1, 0.15) is 13.3 Å². The molecular formula is C6H12BO3. The van der Waals surface area contributed by atoms with E-state index in [0.717, 1.165) is 0 Å². The van der Waals surface area contributed by atoms with Crippen LogP contribution in [0, 0.1) is 0 Å². The molecule has 3 nitrogen and oxygen atoms in total. The SMILES string of the molecule is C/C=C/O[B]OCCCO. The average Bonchev–Trinajstić information content (AvgIpc) is 1.97. The van der Waals surface area contributed by atoms with Crippen molar-refractivity contribution >= 4 is 7.69 Å². The van der Waals surface area contributed by atoms with Crippen LogP contribution < -0.4 is 0 Å². The number of allylic oxidation sites excluding steroid dienone is 1. The third kappa shape index (κ3) is 7.52. The normalized spacial score (nSPS) is 10.2. The first-order valence-corrected chi connectivity index (χ1v) is 3.22. The van der Waals surface area contributed by atoms with Crippen molar-refractivity contribution in [3.8, 4) is 0 Å². The van der Waals surface area contributed by atoms with Gasteiger partial charge in [0.05, 0.1) is 6.26 Å². The number of rotatable bonds is 6. The molecule has 0 rings (SSSR count). The van der Waals surface area contributed by atoms with Gasteiger partial charge in [0.1, 0.15) is 0 Å². The topological polar surface area (TPSA) is 38.7 Å². The maximum atomic E-state index is 8.32. The Bertz CT molecular complexity index is 85.1. The van der Waals surface area contributed by atoms with E-state index in [4.69, 9.17) is 14.4 Å². The van der Waals surface area contributed by atoms with Crippen LogP contribution in [0.3, 0.4) is 0 Å². The molecule has 1 radical (unpaired) electrons. The first-order valence-electron chi connectivity index (χ1n) is 3.22. The van der Waals surface area contributed by atoms with Gasteiger partial charge in [-0.05, 0) is 13.3 Å². The number of aliphatic hydroxyl groups excluding tert-OH is 1. The average molecular weight is 143 g/mol. The van der Waals surface area contributed by atoms with Crippen molar-refractivity contribution in [3.05, 3.63) is 12.3 Å². The Morgan fingerprint density at radius 2 is 2.40 bits per heavy atom. The zero-order valence-electron chi connectivity index (χ0n) is 6.12. The minimum atomic E-state index is 0.150. The van der Waals surface area contributed by atoms with Crippen LogP contribution in [-0.2, 0) is 9.31 Å². The molecule has 0 heterocycles. The summed E-state index contributed by atoms with van der Waals surface area (Å²) in [5.41, 5.74) is 0. The molecule has 0 atom stereocenters. The van der Waals surface area contributed by atoms with E-state index in [1.807, 2.05) is 6.92 Å². The summed E-state index contributed by atoms with van der Waals surface area (Å²) in [4.78, 5) is 0. The fraction of sp³-hybridized carbons (Fsp3) is 0.667. The minimum Gasteiger partial charge on any atom is -0.543 e. The molecule has 10 heavy (non-hydrogen) atoms. The summed E-state index contributed by atoms with van der Waals surface area (Å²) in [5, 5.41) is 8.32. The molecule has 0 aromatic rings. The van der Waals surface area contributed by atoms with Gasteiger partial charge in [0.25, 0.3) is 0 Å². The lowest BCUT2D eigenvalue weighted by atomic mass is 10.4. The zero-order valence-corrected chi connectivity index (χ0v) is 6.12. The van der Waals surface area contributed by atoms with Gasteiger partial charge in [-0.25, -0.2) is 0 Å². The molecule has 4 heteroatoms. The lowest BCUT2D eigenvalue weighted by Crippen LogP contribution is -2.03. The van der Waals surface area contributed by atoms with Crippen LogP contribution in [0.5, 0.6) is 0 Å². The summed E-state index contributed by atoms with van der Waals surface area (Å²) in [7, 11) is 1.25. The van der Waals surface area contributed by atoms with E-state index in [1.165, 1.54) is 13.9 Å². The van der Waals surface area contributed by atoms with Crippen molar-refractivity contribution in [3.63, 3.8) is 0 Å². The van der Waals surface area contributed by atoms with Crippen LogP contribution in [-0.4, -0.2) is 26.0 Å². The highest BCUT2D eigenvalue weighted by Crippen LogP contribution is 1.80. The van der Waals surface area contributed by atoms with Gasteiger partial charge in [-0.3, -0.25) is 0 Å². The predicted molar refractivity (Wildman–Crippen MR) is 39.3 cm³/mol. The molecule has 0 aliphatic heterocycles. The summed E-state index contributed by atoms with van der Waals surface area (Å²) < 4.78 is 9.54. The first-order chi connectivity index (χ1) is 4.91. The monoisotopic (exact) mass is 143 g/mol.